The highest BCUT2D eigenvalue weighted by molar-refractivity contribution is 5.90. The number of nitrogens with zero attached hydrogens (tertiary/aromatic N) is 1. The van der Waals surface area contributed by atoms with E-state index in [1.54, 1.807) is 6.92 Å². The summed E-state index contributed by atoms with van der Waals surface area (Å²) in [5, 5.41) is 11.1. The Labute approximate surface area is 128 Å². The summed E-state index contributed by atoms with van der Waals surface area (Å²) in [6.45, 7) is 0.277. The van der Waals surface area contributed by atoms with Gasteiger partial charge in [0.15, 0.2) is 0 Å². The molecule has 0 spiro atoms. The number of aliphatic carboxylic acids is 1. The normalized spacial score (nSPS) is 21.3. The molecule has 2 atom stereocenters. The zero-order valence-electron chi connectivity index (χ0n) is 12.0. The lowest BCUT2D eigenvalue weighted by Gasteiger charge is -2.19. The Kier molecular flexibility index (Phi) is 4.49. The van der Waals surface area contributed by atoms with Gasteiger partial charge in [-0.1, -0.05) is 6.07 Å². The number of amides is 2. The number of carboxylic acids is 1. The average Bonchev–Trinajstić information content (AvgIpc) is 2.87. The van der Waals surface area contributed by atoms with E-state index in [0.717, 1.165) is 11.0 Å². The fraction of sp³-hybridized carbons (Fsp3) is 0.429. The number of anilines is 1. The number of carbonyl (C=O) groups excluding carboxylic acids is 1. The number of aryl methyl sites for hydroxylation is 1. The summed E-state index contributed by atoms with van der Waals surface area (Å²) in [5.74, 6) is -6.22. The third-order valence-electron chi connectivity index (χ3n) is 3.71. The van der Waals surface area contributed by atoms with Crippen molar-refractivity contribution < 1.29 is 32.3 Å². The first kappa shape index (κ1) is 17.0. The first-order chi connectivity index (χ1) is 10.6. The predicted molar refractivity (Wildman–Crippen MR) is 72.4 cm³/mol. The predicted octanol–water partition coefficient (Wildman–Crippen LogP) is 2.86. The topological polar surface area (TPSA) is 69.6 Å². The van der Waals surface area contributed by atoms with E-state index in [9.17, 15) is 27.2 Å². The number of halogens is 4. The molecule has 0 unspecified atom stereocenters. The van der Waals surface area contributed by atoms with Crippen LogP contribution >= 0.6 is 0 Å². The molecule has 1 heterocycles. The summed E-state index contributed by atoms with van der Waals surface area (Å²) >= 11 is 0. The van der Waals surface area contributed by atoms with Gasteiger partial charge in [-0.3, -0.25) is 4.79 Å². The highest BCUT2D eigenvalue weighted by atomic mass is 19.4. The quantitative estimate of drug-likeness (QED) is 0.817. The Morgan fingerprint density at radius 3 is 2.43 bits per heavy atom. The Morgan fingerprint density at radius 1 is 1.30 bits per heavy atom. The van der Waals surface area contributed by atoms with Crippen LogP contribution < -0.4 is 5.32 Å². The van der Waals surface area contributed by atoms with E-state index in [0.29, 0.717) is 5.56 Å². The van der Waals surface area contributed by atoms with Crippen molar-refractivity contribution >= 4 is 17.7 Å². The molecule has 9 heteroatoms. The minimum atomic E-state index is -4.73. The summed E-state index contributed by atoms with van der Waals surface area (Å²) < 4.78 is 52.2. The van der Waals surface area contributed by atoms with E-state index in [1.165, 1.54) is 12.1 Å². The van der Waals surface area contributed by atoms with Gasteiger partial charge in [0, 0.05) is 13.1 Å². The molecule has 2 amide bonds. The number of rotatable bonds is 2. The van der Waals surface area contributed by atoms with Gasteiger partial charge in [0.2, 0.25) is 0 Å². The van der Waals surface area contributed by atoms with E-state index >= 15 is 0 Å². The third-order valence-corrected chi connectivity index (χ3v) is 3.71. The molecule has 0 bridgehead atoms. The molecule has 1 fully saturated rings. The number of hydrogen-bond acceptors (Lipinski definition) is 2. The van der Waals surface area contributed by atoms with E-state index in [-0.39, 0.29) is 5.69 Å². The van der Waals surface area contributed by atoms with E-state index in [1.807, 2.05) is 0 Å². The summed E-state index contributed by atoms with van der Waals surface area (Å²) in [6, 6.07) is 3.01. The molecular weight excluding hydrogens is 320 g/mol. The average molecular weight is 334 g/mol. The number of carbonyl (C=O) groups is 2. The molecule has 126 valence electrons. The van der Waals surface area contributed by atoms with Gasteiger partial charge in [0.1, 0.15) is 5.82 Å². The molecule has 1 aromatic rings. The molecule has 2 rings (SSSR count). The largest absolute Gasteiger partial charge is 0.481 e. The van der Waals surface area contributed by atoms with Crippen molar-refractivity contribution in [3.8, 4) is 0 Å². The Bertz CT molecular complexity index is 633. The SMILES string of the molecule is Cc1ccc(NC(=O)N2C[C@@H](C(F)(F)F)[C@H](C(=O)O)C2)c(F)c1. The van der Waals surface area contributed by atoms with Crippen LogP contribution in [0.1, 0.15) is 5.56 Å². The van der Waals surface area contributed by atoms with Crippen LogP contribution in [0.15, 0.2) is 18.2 Å². The molecule has 0 radical (unpaired) electrons. The molecule has 0 aliphatic carbocycles. The summed E-state index contributed by atoms with van der Waals surface area (Å²) in [5.41, 5.74) is 0.438. The lowest BCUT2D eigenvalue weighted by Crippen LogP contribution is -2.35. The van der Waals surface area contributed by atoms with Crippen molar-refractivity contribution in [2.24, 2.45) is 11.8 Å². The maximum atomic E-state index is 13.7. The number of nitrogens with one attached hydrogen (secondary N) is 1. The van der Waals surface area contributed by atoms with Crippen molar-refractivity contribution in [3.05, 3.63) is 29.6 Å². The highest BCUT2D eigenvalue weighted by Crippen LogP contribution is 2.37. The molecule has 2 N–H and O–H groups in total. The van der Waals surface area contributed by atoms with Crippen LogP contribution in [0.5, 0.6) is 0 Å². The standard InChI is InChI=1S/C14H14F4N2O3/c1-7-2-3-11(10(15)4-7)19-13(23)20-5-8(12(21)22)9(6-20)14(16,17)18/h2-4,8-9H,5-6H2,1H3,(H,19,23)(H,21,22)/t8-,9-/m1/s1. The first-order valence-corrected chi connectivity index (χ1v) is 6.71. The smallest absolute Gasteiger partial charge is 0.394 e. The van der Waals surface area contributed by atoms with Crippen molar-refractivity contribution in [3.63, 3.8) is 0 Å². The zero-order chi connectivity index (χ0) is 17.4. The van der Waals surface area contributed by atoms with Crippen molar-refractivity contribution in [1.29, 1.82) is 0 Å². The van der Waals surface area contributed by atoms with Gasteiger partial charge in [-0.25, -0.2) is 9.18 Å². The molecule has 1 saturated heterocycles. The third kappa shape index (κ3) is 3.72. The van der Waals surface area contributed by atoms with Crippen LogP contribution in [0, 0.1) is 24.6 Å². The van der Waals surface area contributed by atoms with Gasteiger partial charge in [-0.2, -0.15) is 13.2 Å². The number of likely N-dealkylation sites (tertiary alicyclic amines) is 1. The highest BCUT2D eigenvalue weighted by Gasteiger charge is 2.53. The van der Waals surface area contributed by atoms with Gasteiger partial charge in [0.25, 0.3) is 0 Å². The number of benzene rings is 1. The maximum Gasteiger partial charge on any atom is 0.394 e. The molecule has 23 heavy (non-hydrogen) atoms. The maximum absolute atomic E-state index is 13.7. The van der Waals surface area contributed by atoms with Gasteiger partial charge in [-0.05, 0) is 24.6 Å². The monoisotopic (exact) mass is 334 g/mol. The van der Waals surface area contributed by atoms with Crippen LogP contribution in [0.2, 0.25) is 0 Å². The number of carboxylic acid groups (broad SMARTS) is 1. The van der Waals surface area contributed by atoms with Gasteiger partial charge in [-0.15, -0.1) is 0 Å². The molecule has 0 saturated carbocycles. The molecule has 1 aromatic carbocycles. The second-order valence-corrected chi connectivity index (χ2v) is 5.41. The number of hydrogen-bond donors (Lipinski definition) is 2. The van der Waals surface area contributed by atoms with Gasteiger partial charge >= 0.3 is 18.2 Å². The minimum absolute atomic E-state index is 0.178. The zero-order valence-corrected chi connectivity index (χ0v) is 12.0. The molecule has 5 nitrogen and oxygen atoms in total. The Balaban J connectivity index is 2.13. The van der Waals surface area contributed by atoms with E-state index < -0.39 is 48.9 Å². The van der Waals surface area contributed by atoms with Crippen LogP contribution in [-0.4, -0.2) is 41.3 Å². The van der Waals surface area contributed by atoms with E-state index in [4.69, 9.17) is 5.11 Å². The Hall–Kier alpha value is -2.32. The summed E-state index contributed by atoms with van der Waals surface area (Å²) in [4.78, 5) is 23.7. The fourth-order valence-electron chi connectivity index (χ4n) is 2.47. The Morgan fingerprint density at radius 2 is 1.96 bits per heavy atom. The molecule has 1 aliphatic rings. The number of urea groups is 1. The number of alkyl halides is 3. The lowest BCUT2D eigenvalue weighted by atomic mass is 9.96. The fourth-order valence-corrected chi connectivity index (χ4v) is 2.47. The second kappa shape index (κ2) is 6.05. The van der Waals surface area contributed by atoms with Crippen LogP contribution in [0.3, 0.4) is 0 Å². The van der Waals surface area contributed by atoms with Crippen molar-refractivity contribution in [2.45, 2.75) is 13.1 Å². The molecular formula is C14H14F4N2O3. The van der Waals surface area contributed by atoms with Gasteiger partial charge in [0.05, 0.1) is 17.5 Å². The van der Waals surface area contributed by atoms with Crippen LogP contribution in [0.25, 0.3) is 0 Å². The van der Waals surface area contributed by atoms with Gasteiger partial charge < -0.3 is 15.3 Å². The molecule has 0 aromatic heterocycles. The van der Waals surface area contributed by atoms with Crippen LogP contribution in [-0.2, 0) is 4.79 Å². The first-order valence-electron chi connectivity index (χ1n) is 6.71. The summed E-state index contributed by atoms with van der Waals surface area (Å²) in [7, 11) is 0. The van der Waals surface area contributed by atoms with Crippen molar-refractivity contribution in [2.75, 3.05) is 18.4 Å². The van der Waals surface area contributed by atoms with E-state index in [2.05, 4.69) is 5.32 Å². The molecule has 1 aliphatic heterocycles. The van der Waals surface area contributed by atoms with Crippen LogP contribution in [0.4, 0.5) is 28.0 Å². The minimum Gasteiger partial charge on any atom is -0.481 e. The second-order valence-electron chi connectivity index (χ2n) is 5.41. The lowest BCUT2D eigenvalue weighted by molar-refractivity contribution is -0.187. The summed E-state index contributed by atoms with van der Waals surface area (Å²) in [6.07, 6.45) is -4.73. The van der Waals surface area contributed by atoms with Crippen molar-refractivity contribution in [1.82, 2.24) is 4.90 Å².